The molecule has 0 atom stereocenters. The zero-order chi connectivity index (χ0) is 11.9. The molecule has 0 aliphatic carbocycles. The van der Waals surface area contributed by atoms with E-state index in [2.05, 4.69) is 17.1 Å². The molecule has 0 spiro atoms. The summed E-state index contributed by atoms with van der Waals surface area (Å²) in [6.07, 6.45) is 1.88. The fourth-order valence-corrected chi connectivity index (χ4v) is 1.73. The summed E-state index contributed by atoms with van der Waals surface area (Å²) < 4.78 is 3.79. The third kappa shape index (κ3) is 1.58. The van der Waals surface area contributed by atoms with Crippen LogP contribution < -0.4 is 5.73 Å². The molecule has 16 heavy (non-hydrogen) atoms. The van der Waals surface area contributed by atoms with Gasteiger partial charge in [-0.3, -0.25) is 9.36 Å². The first-order chi connectivity index (χ1) is 7.50. The van der Waals surface area contributed by atoms with Crippen molar-refractivity contribution in [3.05, 3.63) is 28.8 Å². The predicted octanol–water partition coefficient (Wildman–Crippen LogP) is 1.17. The lowest BCUT2D eigenvalue weighted by Gasteiger charge is -2.04. The predicted molar refractivity (Wildman–Crippen MR) is 63.2 cm³/mol. The maximum absolute atomic E-state index is 5.90. The van der Waals surface area contributed by atoms with E-state index in [9.17, 15) is 0 Å². The first-order valence-electron chi connectivity index (χ1n) is 5.27. The third-order valence-electron chi connectivity index (χ3n) is 3.09. The second-order valence-corrected chi connectivity index (χ2v) is 4.12. The third-order valence-corrected chi connectivity index (χ3v) is 3.09. The summed E-state index contributed by atoms with van der Waals surface area (Å²) in [7, 11) is 1.94. The second kappa shape index (κ2) is 3.66. The number of aromatic nitrogens is 4. The Balaban J connectivity index is 2.34. The van der Waals surface area contributed by atoms with Crippen LogP contribution in [0.5, 0.6) is 0 Å². The average molecular weight is 219 g/mol. The van der Waals surface area contributed by atoms with Gasteiger partial charge in [-0.1, -0.05) is 0 Å². The number of hydrogen-bond acceptors (Lipinski definition) is 3. The van der Waals surface area contributed by atoms with Gasteiger partial charge in [-0.05, 0) is 20.8 Å². The lowest BCUT2D eigenvalue weighted by atomic mass is 10.2. The van der Waals surface area contributed by atoms with E-state index in [0.717, 1.165) is 29.3 Å². The van der Waals surface area contributed by atoms with Crippen molar-refractivity contribution in [3.63, 3.8) is 0 Å². The normalized spacial score (nSPS) is 11.0. The van der Waals surface area contributed by atoms with Gasteiger partial charge in [0.2, 0.25) is 0 Å². The van der Waals surface area contributed by atoms with E-state index < -0.39 is 0 Å². The Kier molecular flexibility index (Phi) is 2.46. The zero-order valence-corrected chi connectivity index (χ0v) is 10.2. The molecule has 2 heterocycles. The fourth-order valence-electron chi connectivity index (χ4n) is 1.73. The van der Waals surface area contributed by atoms with Crippen LogP contribution in [0.25, 0.3) is 0 Å². The molecule has 2 rings (SSSR count). The van der Waals surface area contributed by atoms with Gasteiger partial charge < -0.3 is 5.73 Å². The Hall–Kier alpha value is -1.78. The van der Waals surface area contributed by atoms with E-state index in [-0.39, 0.29) is 0 Å². The molecule has 5 heteroatoms. The Morgan fingerprint density at radius 3 is 2.38 bits per heavy atom. The van der Waals surface area contributed by atoms with Gasteiger partial charge in [0.15, 0.2) is 0 Å². The fraction of sp³-hybridized carbons (Fsp3) is 0.455. The van der Waals surface area contributed by atoms with E-state index in [0.29, 0.717) is 0 Å². The Bertz CT molecular complexity index is 521. The Morgan fingerprint density at radius 1 is 1.25 bits per heavy atom. The molecule has 0 radical (unpaired) electrons. The second-order valence-electron chi connectivity index (χ2n) is 4.12. The molecule has 0 aromatic carbocycles. The molecule has 0 unspecified atom stereocenters. The summed E-state index contributed by atoms with van der Waals surface area (Å²) in [6, 6.07) is 0. The molecule has 0 fully saturated rings. The van der Waals surface area contributed by atoms with E-state index >= 15 is 0 Å². The van der Waals surface area contributed by atoms with E-state index in [1.807, 2.05) is 36.5 Å². The summed E-state index contributed by atoms with van der Waals surface area (Å²) in [4.78, 5) is 0. The molecule has 5 nitrogen and oxygen atoms in total. The molecule has 0 saturated heterocycles. The monoisotopic (exact) mass is 219 g/mol. The number of nitrogens with zero attached hydrogens (tertiary/aromatic N) is 4. The highest BCUT2D eigenvalue weighted by Crippen LogP contribution is 2.17. The topological polar surface area (TPSA) is 61.7 Å². The van der Waals surface area contributed by atoms with Gasteiger partial charge in [0, 0.05) is 18.3 Å². The standard InChI is InChI=1S/C11H17N5/c1-7-11(12)9(3)16(14-7)6-10-5-13-15(4)8(10)2/h5H,6,12H2,1-4H3. The molecular formula is C11H17N5. The minimum Gasteiger partial charge on any atom is -0.396 e. The van der Waals surface area contributed by atoms with Crippen LogP contribution in [0.2, 0.25) is 0 Å². The van der Waals surface area contributed by atoms with Crippen LogP contribution in [0.15, 0.2) is 6.20 Å². The molecule has 2 aromatic rings. The maximum atomic E-state index is 5.90. The molecule has 2 aromatic heterocycles. The molecule has 2 N–H and O–H groups in total. The van der Waals surface area contributed by atoms with Crippen molar-refractivity contribution in [1.82, 2.24) is 19.6 Å². The van der Waals surface area contributed by atoms with Crippen LogP contribution >= 0.6 is 0 Å². The number of aryl methyl sites for hydroxylation is 2. The minimum absolute atomic E-state index is 0.726. The summed E-state index contributed by atoms with van der Waals surface area (Å²) in [5, 5.41) is 8.63. The Morgan fingerprint density at radius 2 is 1.94 bits per heavy atom. The van der Waals surface area contributed by atoms with Gasteiger partial charge in [-0.2, -0.15) is 10.2 Å². The number of nitrogens with two attached hydrogens (primary N) is 1. The molecule has 0 amide bonds. The zero-order valence-electron chi connectivity index (χ0n) is 10.2. The smallest absolute Gasteiger partial charge is 0.0826 e. The van der Waals surface area contributed by atoms with Gasteiger partial charge in [-0.25, -0.2) is 0 Å². The first-order valence-corrected chi connectivity index (χ1v) is 5.27. The van der Waals surface area contributed by atoms with Gasteiger partial charge in [-0.15, -0.1) is 0 Å². The molecule has 0 bridgehead atoms. The highest BCUT2D eigenvalue weighted by Gasteiger charge is 2.10. The van der Waals surface area contributed by atoms with Crippen molar-refractivity contribution >= 4 is 5.69 Å². The quantitative estimate of drug-likeness (QED) is 0.824. The van der Waals surface area contributed by atoms with Crippen LogP contribution in [-0.2, 0) is 13.6 Å². The SMILES string of the molecule is Cc1nn(Cc2cnn(C)c2C)c(C)c1N. The van der Waals surface area contributed by atoms with Crippen LogP contribution in [0.3, 0.4) is 0 Å². The van der Waals surface area contributed by atoms with Crippen molar-refractivity contribution in [2.24, 2.45) is 7.05 Å². The molecule has 0 aliphatic heterocycles. The molecule has 0 aliphatic rings. The van der Waals surface area contributed by atoms with Crippen molar-refractivity contribution < 1.29 is 0 Å². The minimum atomic E-state index is 0.726. The highest BCUT2D eigenvalue weighted by molar-refractivity contribution is 5.47. The van der Waals surface area contributed by atoms with Gasteiger partial charge in [0.1, 0.15) is 0 Å². The van der Waals surface area contributed by atoms with Crippen LogP contribution in [-0.4, -0.2) is 19.6 Å². The largest absolute Gasteiger partial charge is 0.396 e. The van der Waals surface area contributed by atoms with Crippen molar-refractivity contribution in [2.45, 2.75) is 27.3 Å². The summed E-state index contributed by atoms with van der Waals surface area (Å²) in [6.45, 7) is 6.69. The number of rotatable bonds is 2. The number of nitrogen functional groups attached to an aromatic ring is 1. The van der Waals surface area contributed by atoms with E-state index in [4.69, 9.17) is 5.73 Å². The van der Waals surface area contributed by atoms with Crippen molar-refractivity contribution in [1.29, 1.82) is 0 Å². The average Bonchev–Trinajstić information content (AvgIpc) is 2.68. The maximum Gasteiger partial charge on any atom is 0.0826 e. The van der Waals surface area contributed by atoms with E-state index in [1.54, 1.807) is 0 Å². The van der Waals surface area contributed by atoms with Gasteiger partial charge in [0.25, 0.3) is 0 Å². The summed E-state index contributed by atoms with van der Waals surface area (Å²) >= 11 is 0. The summed E-state index contributed by atoms with van der Waals surface area (Å²) in [5.74, 6) is 0. The molecular weight excluding hydrogens is 202 g/mol. The molecule has 0 saturated carbocycles. The highest BCUT2D eigenvalue weighted by atomic mass is 15.3. The summed E-state index contributed by atoms with van der Waals surface area (Å²) in [5.41, 5.74) is 10.9. The first kappa shape index (κ1) is 10.7. The van der Waals surface area contributed by atoms with Crippen LogP contribution in [0, 0.1) is 20.8 Å². The van der Waals surface area contributed by atoms with Crippen LogP contribution in [0.1, 0.15) is 22.6 Å². The Labute approximate surface area is 94.9 Å². The lowest BCUT2D eigenvalue weighted by molar-refractivity contribution is 0.653. The van der Waals surface area contributed by atoms with Crippen molar-refractivity contribution in [3.8, 4) is 0 Å². The van der Waals surface area contributed by atoms with Crippen molar-refractivity contribution in [2.75, 3.05) is 5.73 Å². The van der Waals surface area contributed by atoms with Gasteiger partial charge >= 0.3 is 0 Å². The van der Waals surface area contributed by atoms with Crippen LogP contribution in [0.4, 0.5) is 5.69 Å². The number of hydrogen-bond donors (Lipinski definition) is 1. The lowest BCUT2D eigenvalue weighted by Crippen LogP contribution is -2.05. The number of anilines is 1. The van der Waals surface area contributed by atoms with E-state index in [1.165, 1.54) is 5.56 Å². The van der Waals surface area contributed by atoms with Gasteiger partial charge in [0.05, 0.1) is 29.8 Å². The molecule has 86 valence electrons.